The van der Waals surface area contributed by atoms with E-state index in [0.717, 1.165) is 30.2 Å². The van der Waals surface area contributed by atoms with Crippen molar-refractivity contribution in [3.63, 3.8) is 0 Å². The lowest BCUT2D eigenvalue weighted by Crippen LogP contribution is -2.37. The molecule has 24 heavy (non-hydrogen) atoms. The third kappa shape index (κ3) is 2.52. The second-order valence-electron chi connectivity index (χ2n) is 6.18. The van der Waals surface area contributed by atoms with Crippen LogP contribution in [0.2, 0.25) is 0 Å². The topological polar surface area (TPSA) is 28.4 Å². The predicted molar refractivity (Wildman–Crippen MR) is 101 cm³/mol. The van der Waals surface area contributed by atoms with E-state index in [1.54, 1.807) is 0 Å². The predicted octanol–water partition coefficient (Wildman–Crippen LogP) is 3.37. The highest BCUT2D eigenvalue weighted by Gasteiger charge is 2.27. The number of benzene rings is 2. The van der Waals surface area contributed by atoms with Gasteiger partial charge in [0.15, 0.2) is 0 Å². The van der Waals surface area contributed by atoms with E-state index < -0.39 is 0 Å². The fraction of sp³-hybridized carbons (Fsp3) is 0.250. The van der Waals surface area contributed by atoms with Crippen LogP contribution in [0.5, 0.6) is 0 Å². The minimum atomic E-state index is 0.117. The maximum atomic E-state index is 9.51. The zero-order chi connectivity index (χ0) is 16.5. The Morgan fingerprint density at radius 3 is 2.54 bits per heavy atom. The number of thiocarbonyl (C=S) groups is 1. The Morgan fingerprint density at radius 1 is 1.00 bits per heavy atom. The molecular formula is C20H20N2OS. The summed E-state index contributed by atoms with van der Waals surface area (Å²) in [6.07, 6.45) is 0.987. The minimum absolute atomic E-state index is 0.117. The monoisotopic (exact) mass is 336 g/mol. The molecule has 0 aliphatic carbocycles. The van der Waals surface area contributed by atoms with Gasteiger partial charge < -0.3 is 14.6 Å². The molecule has 0 saturated heterocycles. The molecule has 0 unspecified atom stereocenters. The molecule has 2 aromatic carbocycles. The molecule has 0 spiro atoms. The van der Waals surface area contributed by atoms with Crippen LogP contribution >= 0.6 is 12.2 Å². The summed E-state index contributed by atoms with van der Waals surface area (Å²) in [5.41, 5.74) is 4.88. The van der Waals surface area contributed by atoms with Gasteiger partial charge in [0.2, 0.25) is 0 Å². The van der Waals surface area contributed by atoms with Crippen molar-refractivity contribution >= 4 is 28.1 Å². The number of aliphatic hydroxyl groups excluding tert-OH is 1. The molecule has 0 fully saturated rings. The zero-order valence-electron chi connectivity index (χ0n) is 13.5. The second-order valence-corrected chi connectivity index (χ2v) is 6.57. The largest absolute Gasteiger partial charge is 0.395 e. The summed E-state index contributed by atoms with van der Waals surface area (Å²) in [7, 11) is 0. The molecule has 0 radical (unpaired) electrons. The van der Waals surface area contributed by atoms with Crippen molar-refractivity contribution in [1.29, 1.82) is 0 Å². The number of aliphatic hydroxyl groups is 1. The minimum Gasteiger partial charge on any atom is -0.395 e. The van der Waals surface area contributed by atoms with Gasteiger partial charge in [0.1, 0.15) is 4.99 Å². The first kappa shape index (κ1) is 15.4. The zero-order valence-corrected chi connectivity index (χ0v) is 14.3. The smallest absolute Gasteiger partial charge is 0.126 e. The van der Waals surface area contributed by atoms with Crippen LogP contribution in [0, 0.1) is 0 Å². The number of hydrogen-bond acceptors (Lipinski definition) is 2. The molecule has 122 valence electrons. The molecule has 4 rings (SSSR count). The molecule has 1 aliphatic rings. The quantitative estimate of drug-likeness (QED) is 0.741. The van der Waals surface area contributed by atoms with Crippen molar-refractivity contribution in [2.24, 2.45) is 0 Å². The third-order valence-electron chi connectivity index (χ3n) is 4.74. The van der Waals surface area contributed by atoms with Gasteiger partial charge in [-0.05, 0) is 23.6 Å². The fourth-order valence-corrected chi connectivity index (χ4v) is 4.05. The standard InChI is InChI=1S/C20H20N2OS/c23-13-12-22-18-9-5-4-8-16(18)17-10-11-21(20(24)19(17)22)14-15-6-2-1-3-7-15/h1-9,23H,10-14H2. The average molecular weight is 336 g/mol. The molecule has 3 nitrogen and oxygen atoms in total. The van der Waals surface area contributed by atoms with Gasteiger partial charge in [0, 0.05) is 30.5 Å². The fourth-order valence-electron chi connectivity index (χ4n) is 3.66. The first-order chi connectivity index (χ1) is 11.8. The summed E-state index contributed by atoms with van der Waals surface area (Å²) < 4.78 is 2.18. The molecule has 3 aromatic rings. The van der Waals surface area contributed by atoms with E-state index >= 15 is 0 Å². The molecule has 0 amide bonds. The van der Waals surface area contributed by atoms with E-state index in [1.165, 1.54) is 22.0 Å². The highest BCUT2D eigenvalue weighted by molar-refractivity contribution is 7.80. The average Bonchev–Trinajstić information content (AvgIpc) is 2.94. The van der Waals surface area contributed by atoms with Crippen molar-refractivity contribution < 1.29 is 5.11 Å². The van der Waals surface area contributed by atoms with Gasteiger partial charge in [0.25, 0.3) is 0 Å². The van der Waals surface area contributed by atoms with E-state index in [4.69, 9.17) is 12.2 Å². The Balaban J connectivity index is 1.76. The van der Waals surface area contributed by atoms with Gasteiger partial charge >= 0.3 is 0 Å². The van der Waals surface area contributed by atoms with Crippen LogP contribution in [0.1, 0.15) is 16.8 Å². The van der Waals surface area contributed by atoms with E-state index in [0.29, 0.717) is 6.54 Å². The molecule has 1 aliphatic heterocycles. The summed E-state index contributed by atoms with van der Waals surface area (Å²) in [4.78, 5) is 3.17. The van der Waals surface area contributed by atoms with Gasteiger partial charge in [-0.3, -0.25) is 0 Å². The SMILES string of the molecule is OCCn1c2c(c3ccccc31)CCN(Cc1ccccc1)C2=S. The number of nitrogens with zero attached hydrogens (tertiary/aromatic N) is 2. The molecule has 0 bridgehead atoms. The molecule has 1 N–H and O–H groups in total. The van der Waals surface area contributed by atoms with E-state index in [1.807, 2.05) is 12.1 Å². The number of rotatable bonds is 4. The molecule has 1 aromatic heterocycles. The molecular weight excluding hydrogens is 316 g/mol. The van der Waals surface area contributed by atoms with Gasteiger partial charge in [-0.2, -0.15) is 0 Å². The number of para-hydroxylation sites is 1. The summed E-state index contributed by atoms with van der Waals surface area (Å²) in [5.74, 6) is 0. The highest BCUT2D eigenvalue weighted by atomic mass is 32.1. The summed E-state index contributed by atoms with van der Waals surface area (Å²) in [6, 6.07) is 18.9. The lowest BCUT2D eigenvalue weighted by atomic mass is 10.0. The second kappa shape index (κ2) is 6.38. The third-order valence-corrected chi connectivity index (χ3v) is 5.19. The summed E-state index contributed by atoms with van der Waals surface area (Å²) in [6.45, 7) is 2.47. The van der Waals surface area contributed by atoms with Crippen molar-refractivity contribution in [3.05, 3.63) is 71.4 Å². The van der Waals surface area contributed by atoms with Crippen LogP contribution in [0.4, 0.5) is 0 Å². The van der Waals surface area contributed by atoms with Crippen LogP contribution in [-0.2, 0) is 19.5 Å². The van der Waals surface area contributed by atoms with Crippen molar-refractivity contribution in [1.82, 2.24) is 9.47 Å². The van der Waals surface area contributed by atoms with Gasteiger partial charge in [-0.15, -0.1) is 0 Å². The van der Waals surface area contributed by atoms with Gasteiger partial charge in [-0.1, -0.05) is 60.7 Å². The first-order valence-corrected chi connectivity index (χ1v) is 8.74. The lowest BCUT2D eigenvalue weighted by Gasteiger charge is -2.31. The molecule has 2 heterocycles. The van der Waals surface area contributed by atoms with E-state index in [2.05, 4.69) is 51.9 Å². The molecule has 0 atom stereocenters. The van der Waals surface area contributed by atoms with Gasteiger partial charge in [-0.25, -0.2) is 0 Å². The first-order valence-electron chi connectivity index (χ1n) is 8.33. The van der Waals surface area contributed by atoms with Crippen LogP contribution < -0.4 is 0 Å². The molecule has 0 saturated carbocycles. The Morgan fingerprint density at radius 2 is 1.75 bits per heavy atom. The number of fused-ring (bicyclic) bond motifs is 3. The summed E-state index contributed by atoms with van der Waals surface area (Å²) >= 11 is 5.85. The maximum Gasteiger partial charge on any atom is 0.126 e. The Labute approximate surface area is 147 Å². The van der Waals surface area contributed by atoms with Crippen molar-refractivity contribution in [2.75, 3.05) is 13.2 Å². The normalized spacial score (nSPS) is 14.2. The van der Waals surface area contributed by atoms with Crippen molar-refractivity contribution in [3.8, 4) is 0 Å². The molecule has 4 heteroatoms. The summed E-state index contributed by atoms with van der Waals surface area (Å²) in [5, 5.41) is 10.8. The Kier molecular flexibility index (Phi) is 4.08. The maximum absolute atomic E-state index is 9.51. The highest BCUT2D eigenvalue weighted by Crippen LogP contribution is 2.31. The van der Waals surface area contributed by atoms with Crippen LogP contribution in [0.25, 0.3) is 10.9 Å². The van der Waals surface area contributed by atoms with Crippen LogP contribution in [0.3, 0.4) is 0 Å². The number of aromatic nitrogens is 1. The van der Waals surface area contributed by atoms with Crippen LogP contribution in [0.15, 0.2) is 54.6 Å². The Hall–Kier alpha value is -2.17. The lowest BCUT2D eigenvalue weighted by molar-refractivity contribution is 0.277. The van der Waals surface area contributed by atoms with E-state index in [9.17, 15) is 5.11 Å². The van der Waals surface area contributed by atoms with E-state index in [-0.39, 0.29) is 6.61 Å². The Bertz CT molecular complexity index is 885. The van der Waals surface area contributed by atoms with Crippen molar-refractivity contribution in [2.45, 2.75) is 19.5 Å². The van der Waals surface area contributed by atoms with Gasteiger partial charge in [0.05, 0.1) is 12.3 Å². The van der Waals surface area contributed by atoms with Crippen LogP contribution in [-0.4, -0.2) is 32.7 Å². The number of hydrogen-bond donors (Lipinski definition) is 1.